The quantitative estimate of drug-likeness (QED) is 0.818. The number of hydrogen-bond acceptors (Lipinski definition) is 4. The van der Waals surface area contributed by atoms with E-state index in [2.05, 4.69) is 33.1 Å². The summed E-state index contributed by atoms with van der Waals surface area (Å²) in [7, 11) is 4.17. The van der Waals surface area contributed by atoms with Crippen LogP contribution < -0.4 is 5.32 Å². The van der Waals surface area contributed by atoms with Gasteiger partial charge < -0.3 is 15.1 Å². The molecule has 0 radical (unpaired) electrons. The van der Waals surface area contributed by atoms with Crippen LogP contribution in [0.5, 0.6) is 0 Å². The van der Waals surface area contributed by atoms with Gasteiger partial charge in [0.05, 0.1) is 18.1 Å². The molecule has 0 aromatic heterocycles. The van der Waals surface area contributed by atoms with E-state index in [-0.39, 0.29) is 30.8 Å². The van der Waals surface area contributed by atoms with Crippen LogP contribution in [0, 0.1) is 0 Å². The molecule has 1 aliphatic carbocycles. The molecule has 0 aromatic carbocycles. The largest absolute Gasteiger partial charge is 0.371 e. The number of urea groups is 1. The third-order valence-electron chi connectivity index (χ3n) is 6.20. The summed E-state index contributed by atoms with van der Waals surface area (Å²) in [4.78, 5) is 21.5. The van der Waals surface area contributed by atoms with Gasteiger partial charge in [-0.1, -0.05) is 6.08 Å². The summed E-state index contributed by atoms with van der Waals surface area (Å²) in [5.41, 5.74) is 1.30. The lowest BCUT2D eigenvalue weighted by atomic mass is 9.95. The normalized spacial score (nSPS) is 31.2. The highest BCUT2D eigenvalue weighted by atomic mass is 19.1. The van der Waals surface area contributed by atoms with Crippen molar-refractivity contribution < 1.29 is 9.18 Å². The summed E-state index contributed by atoms with van der Waals surface area (Å²) in [5, 5.41) is 2.98. The van der Waals surface area contributed by atoms with Crippen LogP contribution >= 0.6 is 0 Å². The number of fused-ring (bicyclic) bond motifs is 1. The van der Waals surface area contributed by atoms with E-state index in [4.69, 9.17) is 0 Å². The van der Waals surface area contributed by atoms with Gasteiger partial charge in [0.25, 0.3) is 0 Å². The van der Waals surface area contributed by atoms with Crippen molar-refractivity contribution in [1.29, 1.82) is 0 Å². The lowest BCUT2D eigenvalue weighted by Gasteiger charge is -2.50. The summed E-state index contributed by atoms with van der Waals surface area (Å²) in [6.45, 7) is 6.49. The van der Waals surface area contributed by atoms with Crippen molar-refractivity contribution in [3.05, 3.63) is 11.8 Å². The molecule has 2 amide bonds. The van der Waals surface area contributed by atoms with Crippen molar-refractivity contribution in [2.45, 2.75) is 44.3 Å². The minimum atomic E-state index is -0.310. The predicted octanol–water partition coefficient (Wildman–Crippen LogP) is 1.35. The Bertz CT molecular complexity index is 528. The number of piperazine rings is 2. The molecule has 26 heavy (non-hydrogen) atoms. The molecule has 148 valence electrons. The zero-order valence-corrected chi connectivity index (χ0v) is 16.5. The predicted molar refractivity (Wildman–Crippen MR) is 102 cm³/mol. The lowest BCUT2D eigenvalue weighted by molar-refractivity contribution is 0.0397. The van der Waals surface area contributed by atoms with E-state index >= 15 is 0 Å². The van der Waals surface area contributed by atoms with E-state index < -0.39 is 0 Å². The first-order chi connectivity index (χ1) is 12.6. The average Bonchev–Trinajstić information content (AvgIpc) is 2.86. The highest BCUT2D eigenvalue weighted by Gasteiger charge is 2.42. The summed E-state index contributed by atoms with van der Waals surface area (Å²) in [5.74, 6) is 0. The second-order valence-corrected chi connectivity index (χ2v) is 7.82. The van der Waals surface area contributed by atoms with Crippen molar-refractivity contribution in [3.63, 3.8) is 0 Å². The van der Waals surface area contributed by atoms with Crippen molar-refractivity contribution in [1.82, 2.24) is 24.9 Å². The molecule has 2 aliphatic heterocycles. The molecule has 3 rings (SSSR count). The third kappa shape index (κ3) is 3.83. The van der Waals surface area contributed by atoms with Crippen LogP contribution in [0.15, 0.2) is 11.8 Å². The van der Waals surface area contributed by atoms with Crippen LogP contribution in [0.2, 0.25) is 0 Å². The van der Waals surface area contributed by atoms with Gasteiger partial charge in [0, 0.05) is 45.0 Å². The number of carbonyl (C=O) groups excluding carboxylic acids is 1. The monoisotopic (exact) mass is 367 g/mol. The highest BCUT2D eigenvalue weighted by Crippen LogP contribution is 2.32. The topological polar surface area (TPSA) is 42.1 Å². The maximum Gasteiger partial charge on any atom is 0.317 e. The Morgan fingerprint density at radius 2 is 2.00 bits per heavy atom. The van der Waals surface area contributed by atoms with Gasteiger partial charge >= 0.3 is 6.03 Å². The number of nitrogens with one attached hydrogen (secondary N) is 1. The molecule has 2 saturated heterocycles. The molecule has 2 heterocycles. The standard InChI is InChI=1S/C19H34FN5O/c1-4-21-19(26)25-12-10-23(3)18-16(7-5-6-8-17(18)25)24-11-9-22(2)15(13-20)14-24/h7,15,17-18H,4-6,8-14H2,1-3H3,(H,21,26). The maximum atomic E-state index is 13.5. The van der Waals surface area contributed by atoms with Gasteiger partial charge in [0.2, 0.25) is 0 Å². The van der Waals surface area contributed by atoms with E-state index in [1.807, 2.05) is 18.9 Å². The van der Waals surface area contributed by atoms with E-state index in [9.17, 15) is 9.18 Å². The van der Waals surface area contributed by atoms with E-state index in [1.165, 1.54) is 5.70 Å². The number of halogens is 1. The lowest BCUT2D eigenvalue weighted by Crippen LogP contribution is -2.64. The Balaban J connectivity index is 1.83. The van der Waals surface area contributed by atoms with Crippen LogP contribution in [0.3, 0.4) is 0 Å². The number of likely N-dealkylation sites (N-methyl/N-ethyl adjacent to an activating group) is 2. The molecule has 0 bridgehead atoms. The SMILES string of the molecule is CCNC(=O)N1CCN(C)C2C(N3CCN(C)C(CF)C3)=CCCCC21. The molecule has 2 fully saturated rings. The van der Waals surface area contributed by atoms with Crippen LogP contribution in [-0.2, 0) is 0 Å². The molecule has 3 atom stereocenters. The van der Waals surface area contributed by atoms with Gasteiger partial charge in [0.1, 0.15) is 6.67 Å². The first-order valence-electron chi connectivity index (χ1n) is 10.0. The van der Waals surface area contributed by atoms with Crippen LogP contribution in [0.4, 0.5) is 9.18 Å². The molecular weight excluding hydrogens is 333 g/mol. The second-order valence-electron chi connectivity index (χ2n) is 7.82. The number of rotatable bonds is 3. The van der Waals surface area contributed by atoms with E-state index in [0.29, 0.717) is 6.54 Å². The van der Waals surface area contributed by atoms with Crippen molar-refractivity contribution in [2.24, 2.45) is 0 Å². The first kappa shape index (κ1) is 19.4. The van der Waals surface area contributed by atoms with Crippen LogP contribution in [-0.4, -0.2) is 104 Å². The van der Waals surface area contributed by atoms with E-state index in [0.717, 1.165) is 52.0 Å². The van der Waals surface area contributed by atoms with Gasteiger partial charge in [-0.25, -0.2) is 9.18 Å². The number of hydrogen-bond donors (Lipinski definition) is 1. The Labute approximate surface area is 157 Å². The van der Waals surface area contributed by atoms with Gasteiger partial charge in [-0.3, -0.25) is 9.80 Å². The van der Waals surface area contributed by atoms with Gasteiger partial charge in [-0.15, -0.1) is 0 Å². The molecule has 0 saturated carbocycles. The number of alkyl halides is 1. The minimum absolute atomic E-state index is 0.0419. The number of carbonyl (C=O) groups is 1. The molecule has 1 N–H and O–H groups in total. The summed E-state index contributed by atoms with van der Waals surface area (Å²) in [6, 6.07) is 0.409. The Kier molecular flexibility index (Phi) is 6.40. The smallest absolute Gasteiger partial charge is 0.317 e. The first-order valence-corrected chi connectivity index (χ1v) is 10.0. The number of allylic oxidation sites excluding steroid dienone is 1. The zero-order chi connectivity index (χ0) is 18.7. The fourth-order valence-corrected chi connectivity index (χ4v) is 4.64. The Morgan fingerprint density at radius 1 is 1.23 bits per heavy atom. The third-order valence-corrected chi connectivity index (χ3v) is 6.20. The molecule has 0 aromatic rings. The summed E-state index contributed by atoms with van der Waals surface area (Å²) in [6.07, 6.45) is 5.50. The van der Waals surface area contributed by atoms with Gasteiger partial charge in [-0.05, 0) is 40.3 Å². The van der Waals surface area contributed by atoms with Crippen molar-refractivity contribution in [2.75, 3.05) is 60.0 Å². The second kappa shape index (κ2) is 8.57. The molecular formula is C19H34FN5O. The van der Waals surface area contributed by atoms with Crippen molar-refractivity contribution in [3.8, 4) is 0 Å². The molecule has 0 spiro atoms. The number of amides is 2. The average molecular weight is 368 g/mol. The summed E-state index contributed by atoms with van der Waals surface area (Å²) >= 11 is 0. The fourth-order valence-electron chi connectivity index (χ4n) is 4.64. The zero-order valence-electron chi connectivity index (χ0n) is 16.5. The fraction of sp³-hybridized carbons (Fsp3) is 0.842. The Hall–Kier alpha value is -1.34. The molecule has 3 unspecified atom stereocenters. The van der Waals surface area contributed by atoms with Gasteiger partial charge in [-0.2, -0.15) is 0 Å². The van der Waals surface area contributed by atoms with Gasteiger partial charge in [0.15, 0.2) is 0 Å². The summed E-state index contributed by atoms with van der Waals surface area (Å²) < 4.78 is 13.5. The van der Waals surface area contributed by atoms with Crippen molar-refractivity contribution >= 4 is 6.03 Å². The molecule has 3 aliphatic rings. The van der Waals surface area contributed by atoms with Crippen LogP contribution in [0.25, 0.3) is 0 Å². The van der Waals surface area contributed by atoms with E-state index in [1.54, 1.807) is 0 Å². The minimum Gasteiger partial charge on any atom is -0.371 e. The molecule has 6 nitrogen and oxygen atoms in total. The Morgan fingerprint density at radius 3 is 2.73 bits per heavy atom. The maximum absolute atomic E-state index is 13.5. The molecule has 7 heteroatoms. The van der Waals surface area contributed by atoms with Crippen LogP contribution in [0.1, 0.15) is 26.2 Å². The highest BCUT2D eigenvalue weighted by molar-refractivity contribution is 5.74. The number of nitrogens with zero attached hydrogens (tertiary/aromatic N) is 4.